The van der Waals surface area contributed by atoms with E-state index < -0.39 is 0 Å². The molecule has 2 amide bonds. The average Bonchev–Trinajstić information content (AvgIpc) is 3.36. The number of para-hydroxylation sites is 1. The molecular weight excluding hydrogens is 376 g/mol. The second-order valence-electron chi connectivity index (χ2n) is 7.16. The fourth-order valence-corrected chi connectivity index (χ4v) is 4.71. The van der Waals surface area contributed by atoms with Crippen LogP contribution in [-0.4, -0.2) is 65.9 Å². The highest BCUT2D eigenvalue weighted by atomic mass is 32.1. The summed E-state index contributed by atoms with van der Waals surface area (Å²) in [5, 5.41) is 0.985. The third kappa shape index (κ3) is 3.03. The van der Waals surface area contributed by atoms with Crippen LogP contribution in [0.3, 0.4) is 0 Å². The lowest BCUT2D eigenvalue weighted by Crippen LogP contribution is -2.58. The van der Waals surface area contributed by atoms with Crippen molar-refractivity contribution in [1.29, 1.82) is 0 Å². The fraction of sp³-hybridized carbons (Fsp3) is 0.350. The Kier molecular flexibility index (Phi) is 4.27. The van der Waals surface area contributed by atoms with Crippen molar-refractivity contribution in [3.63, 3.8) is 0 Å². The van der Waals surface area contributed by atoms with Crippen LogP contribution in [-0.2, 0) is 4.79 Å². The maximum atomic E-state index is 12.8. The van der Waals surface area contributed by atoms with Gasteiger partial charge in [0.1, 0.15) is 0 Å². The third-order valence-corrected chi connectivity index (χ3v) is 6.49. The van der Waals surface area contributed by atoms with Crippen molar-refractivity contribution in [3.8, 4) is 0 Å². The van der Waals surface area contributed by atoms with Crippen molar-refractivity contribution in [2.24, 2.45) is 5.92 Å². The zero-order chi connectivity index (χ0) is 19.1. The zero-order valence-electron chi connectivity index (χ0n) is 15.3. The van der Waals surface area contributed by atoms with Crippen LogP contribution in [0.4, 0.5) is 5.13 Å². The van der Waals surface area contributed by atoms with E-state index in [1.807, 2.05) is 23.1 Å². The van der Waals surface area contributed by atoms with E-state index in [1.54, 1.807) is 28.4 Å². The second-order valence-corrected chi connectivity index (χ2v) is 8.17. The number of benzene rings is 1. The Bertz CT molecular complexity index is 969. The highest BCUT2D eigenvalue weighted by Gasteiger charge is 2.38. The van der Waals surface area contributed by atoms with Gasteiger partial charge >= 0.3 is 0 Å². The first kappa shape index (κ1) is 17.2. The maximum absolute atomic E-state index is 12.8. The molecule has 2 aliphatic heterocycles. The molecule has 5 rings (SSSR count). The number of rotatable bonds is 3. The first-order chi connectivity index (χ1) is 13.7. The van der Waals surface area contributed by atoms with Gasteiger partial charge in [0.15, 0.2) is 10.9 Å². The summed E-state index contributed by atoms with van der Waals surface area (Å²) in [6.45, 7) is 3.65. The van der Waals surface area contributed by atoms with Crippen molar-refractivity contribution >= 4 is 38.5 Å². The molecule has 0 radical (unpaired) electrons. The zero-order valence-corrected chi connectivity index (χ0v) is 16.1. The van der Waals surface area contributed by atoms with Gasteiger partial charge in [0, 0.05) is 39.3 Å². The first-order valence-electron chi connectivity index (χ1n) is 9.41. The van der Waals surface area contributed by atoms with Gasteiger partial charge in [-0.2, -0.15) is 0 Å². The molecule has 3 aromatic rings. The number of fused-ring (bicyclic) bond motifs is 1. The molecule has 2 aromatic heterocycles. The van der Waals surface area contributed by atoms with E-state index in [1.165, 1.54) is 11.0 Å². The summed E-state index contributed by atoms with van der Waals surface area (Å²) >= 11 is 1.67. The van der Waals surface area contributed by atoms with E-state index in [0.29, 0.717) is 45.0 Å². The molecule has 0 bridgehead atoms. The highest BCUT2D eigenvalue weighted by molar-refractivity contribution is 7.22. The van der Waals surface area contributed by atoms with Crippen LogP contribution >= 0.6 is 11.3 Å². The van der Waals surface area contributed by atoms with Gasteiger partial charge in [-0.3, -0.25) is 9.59 Å². The van der Waals surface area contributed by atoms with E-state index in [0.717, 1.165) is 10.6 Å². The number of nitrogens with zero attached hydrogens (tertiary/aromatic N) is 4. The lowest BCUT2D eigenvalue weighted by Gasteiger charge is -2.42. The normalized spacial score (nSPS) is 17.8. The van der Waals surface area contributed by atoms with Crippen molar-refractivity contribution in [1.82, 2.24) is 14.8 Å². The Balaban J connectivity index is 1.15. The number of carbonyl (C=O) groups excluding carboxylic acids is 2. The summed E-state index contributed by atoms with van der Waals surface area (Å²) in [6, 6.07) is 11.5. The van der Waals surface area contributed by atoms with Crippen molar-refractivity contribution in [2.45, 2.75) is 0 Å². The third-order valence-electron chi connectivity index (χ3n) is 5.39. The summed E-state index contributed by atoms with van der Waals surface area (Å²) in [7, 11) is 0. The molecule has 0 N–H and O–H groups in total. The standard InChI is InChI=1S/C20H20N4O3S/c25-18(22-7-9-23(10-8-22)19(26)16-5-3-11-27-16)14-12-24(13-14)20-21-15-4-1-2-6-17(15)28-20/h1-6,11,14H,7-10,12-13H2. The summed E-state index contributed by atoms with van der Waals surface area (Å²) in [6.07, 6.45) is 1.50. The number of anilines is 1. The van der Waals surface area contributed by atoms with Crippen LogP contribution in [0, 0.1) is 5.92 Å². The van der Waals surface area contributed by atoms with E-state index in [2.05, 4.69) is 16.0 Å². The Morgan fingerprint density at radius 3 is 2.46 bits per heavy atom. The van der Waals surface area contributed by atoms with Crippen LogP contribution in [0.5, 0.6) is 0 Å². The second kappa shape index (κ2) is 6.94. The molecule has 0 spiro atoms. The van der Waals surface area contributed by atoms with Gasteiger partial charge < -0.3 is 19.1 Å². The van der Waals surface area contributed by atoms with Gasteiger partial charge in [-0.05, 0) is 24.3 Å². The molecule has 2 fully saturated rings. The fourth-order valence-electron chi connectivity index (χ4n) is 3.73. The lowest BCUT2D eigenvalue weighted by atomic mass is 9.99. The van der Waals surface area contributed by atoms with Crippen LogP contribution in [0.1, 0.15) is 10.6 Å². The summed E-state index contributed by atoms with van der Waals surface area (Å²) < 4.78 is 6.35. The lowest BCUT2D eigenvalue weighted by molar-refractivity contribution is -0.137. The van der Waals surface area contributed by atoms with Crippen LogP contribution in [0.25, 0.3) is 10.2 Å². The molecule has 2 aliphatic rings. The molecule has 0 atom stereocenters. The smallest absolute Gasteiger partial charge is 0.289 e. The minimum atomic E-state index is -0.109. The van der Waals surface area contributed by atoms with Gasteiger partial charge in [-0.1, -0.05) is 23.5 Å². The maximum Gasteiger partial charge on any atom is 0.289 e. The monoisotopic (exact) mass is 396 g/mol. The number of aromatic nitrogens is 1. The minimum Gasteiger partial charge on any atom is -0.459 e. The van der Waals surface area contributed by atoms with Crippen molar-refractivity contribution in [2.75, 3.05) is 44.2 Å². The van der Waals surface area contributed by atoms with Gasteiger partial charge in [-0.15, -0.1) is 0 Å². The molecule has 144 valence electrons. The Morgan fingerprint density at radius 2 is 1.75 bits per heavy atom. The Labute approximate surface area is 166 Å². The highest BCUT2D eigenvalue weighted by Crippen LogP contribution is 2.33. The Morgan fingerprint density at radius 1 is 1.00 bits per heavy atom. The van der Waals surface area contributed by atoms with Crippen LogP contribution < -0.4 is 4.90 Å². The molecule has 0 aliphatic carbocycles. The molecule has 7 nitrogen and oxygen atoms in total. The molecule has 0 unspecified atom stereocenters. The summed E-state index contributed by atoms with van der Waals surface area (Å²) in [5.41, 5.74) is 1.01. The van der Waals surface area contributed by atoms with Gasteiger partial charge in [0.2, 0.25) is 5.91 Å². The van der Waals surface area contributed by atoms with Crippen LogP contribution in [0.15, 0.2) is 47.1 Å². The van der Waals surface area contributed by atoms with E-state index in [9.17, 15) is 9.59 Å². The first-order valence-corrected chi connectivity index (χ1v) is 10.2. The quantitative estimate of drug-likeness (QED) is 0.680. The average molecular weight is 396 g/mol. The summed E-state index contributed by atoms with van der Waals surface area (Å²) in [4.78, 5) is 35.6. The van der Waals surface area contributed by atoms with E-state index in [-0.39, 0.29) is 17.7 Å². The number of carbonyl (C=O) groups is 2. The number of piperazine rings is 1. The molecule has 2 saturated heterocycles. The minimum absolute atomic E-state index is 0.0133. The van der Waals surface area contributed by atoms with Crippen LogP contribution in [0.2, 0.25) is 0 Å². The number of furan rings is 1. The predicted octanol–water partition coefficient (Wildman–Crippen LogP) is 2.31. The SMILES string of the molecule is O=C(c1ccco1)N1CCN(C(=O)C2CN(c3nc4ccccc4s3)C2)CC1. The van der Waals surface area contributed by atoms with Gasteiger partial charge in [-0.25, -0.2) is 4.98 Å². The van der Waals surface area contributed by atoms with Crippen molar-refractivity contribution < 1.29 is 14.0 Å². The topological polar surface area (TPSA) is 69.9 Å². The molecule has 8 heteroatoms. The molecule has 1 aromatic carbocycles. The predicted molar refractivity (Wildman–Crippen MR) is 107 cm³/mol. The number of thiazole rings is 1. The van der Waals surface area contributed by atoms with Gasteiger partial charge in [0.05, 0.1) is 22.4 Å². The Hall–Kier alpha value is -2.87. The van der Waals surface area contributed by atoms with Crippen molar-refractivity contribution in [3.05, 3.63) is 48.4 Å². The molecular formula is C20H20N4O3S. The number of hydrogen-bond acceptors (Lipinski definition) is 6. The van der Waals surface area contributed by atoms with Gasteiger partial charge in [0.25, 0.3) is 5.91 Å². The number of amides is 2. The van der Waals surface area contributed by atoms with E-state index in [4.69, 9.17) is 4.42 Å². The molecule has 0 saturated carbocycles. The van der Waals surface area contributed by atoms with E-state index >= 15 is 0 Å². The summed E-state index contributed by atoms with van der Waals surface area (Å²) in [5.74, 6) is 0.440. The number of hydrogen-bond donors (Lipinski definition) is 0. The molecule has 4 heterocycles. The largest absolute Gasteiger partial charge is 0.459 e. The molecule has 28 heavy (non-hydrogen) atoms.